The van der Waals surface area contributed by atoms with Crippen molar-refractivity contribution < 1.29 is 22.3 Å². The third-order valence-electron chi connectivity index (χ3n) is 4.73. The molecule has 10 heteroatoms. The van der Waals surface area contributed by atoms with Gasteiger partial charge in [0.05, 0.1) is 17.0 Å². The quantitative estimate of drug-likeness (QED) is 0.661. The number of carbonyl (C=O) groups excluding carboxylic acids is 1. The van der Waals surface area contributed by atoms with Crippen molar-refractivity contribution in [1.82, 2.24) is 15.6 Å². The second-order valence-electron chi connectivity index (χ2n) is 6.27. The summed E-state index contributed by atoms with van der Waals surface area (Å²) in [6.07, 6.45) is 1.82. The molecule has 1 heterocycles. The van der Waals surface area contributed by atoms with Gasteiger partial charge in [0.2, 0.25) is 10.0 Å². The molecule has 138 valence electrons. The van der Waals surface area contributed by atoms with Gasteiger partial charge in [-0.25, -0.2) is 23.0 Å². The lowest BCUT2D eigenvalue weighted by Crippen LogP contribution is -2.46. The first-order chi connectivity index (χ1) is 11.8. The molecule has 0 spiro atoms. The molecule has 1 saturated carbocycles. The monoisotopic (exact) mass is 391 g/mol. The van der Waals surface area contributed by atoms with Gasteiger partial charge in [-0.3, -0.25) is 10.2 Å². The molecule has 2 aliphatic rings. The molecule has 0 amide bonds. The molecule has 0 radical (unpaired) electrons. The number of hydrazine groups is 1. The molecular formula is C15H19ClFN3O4S. The topological polar surface area (TPSA) is 96.5 Å². The molecule has 1 aliphatic heterocycles. The van der Waals surface area contributed by atoms with Gasteiger partial charge in [-0.1, -0.05) is 11.6 Å². The number of sulfonamides is 1. The minimum atomic E-state index is -3.83. The van der Waals surface area contributed by atoms with E-state index in [2.05, 4.69) is 15.6 Å². The Balaban J connectivity index is 1.72. The highest BCUT2D eigenvalue weighted by molar-refractivity contribution is 7.89. The fourth-order valence-electron chi connectivity index (χ4n) is 3.46. The highest BCUT2D eigenvalue weighted by atomic mass is 35.5. The zero-order chi connectivity index (χ0) is 18.2. The van der Waals surface area contributed by atoms with Gasteiger partial charge in [0.15, 0.2) is 0 Å². The average Bonchev–Trinajstić information content (AvgIpc) is 2.99. The number of fused-ring (bicyclic) bond motifs is 1. The Morgan fingerprint density at radius 3 is 2.80 bits per heavy atom. The first kappa shape index (κ1) is 18.5. The van der Waals surface area contributed by atoms with Crippen LogP contribution in [0.1, 0.15) is 19.3 Å². The number of ether oxygens (including phenoxy) is 1. The normalized spacial score (nSPS) is 29.2. The average molecular weight is 392 g/mol. The van der Waals surface area contributed by atoms with Gasteiger partial charge in [-0.15, -0.1) is 0 Å². The predicted octanol–water partition coefficient (Wildman–Crippen LogP) is 0.944. The Kier molecular flexibility index (Phi) is 5.31. The van der Waals surface area contributed by atoms with Crippen LogP contribution in [0, 0.1) is 11.7 Å². The van der Waals surface area contributed by atoms with Crippen LogP contribution in [-0.4, -0.2) is 39.6 Å². The smallest absolute Gasteiger partial charge is 0.324 e. The summed E-state index contributed by atoms with van der Waals surface area (Å²) in [5.41, 5.74) is 5.98. The van der Waals surface area contributed by atoms with Gasteiger partial charge < -0.3 is 4.74 Å². The third-order valence-corrected chi connectivity index (χ3v) is 6.54. The van der Waals surface area contributed by atoms with E-state index in [0.717, 1.165) is 12.1 Å². The van der Waals surface area contributed by atoms with E-state index in [1.54, 1.807) is 0 Å². The Morgan fingerprint density at radius 1 is 1.36 bits per heavy atom. The second-order valence-corrected chi connectivity index (χ2v) is 8.39. The highest BCUT2D eigenvalue weighted by Gasteiger charge is 2.44. The van der Waals surface area contributed by atoms with Crippen molar-refractivity contribution in [3.05, 3.63) is 29.0 Å². The van der Waals surface area contributed by atoms with E-state index in [1.165, 1.54) is 13.2 Å². The van der Waals surface area contributed by atoms with Crippen LogP contribution in [0.2, 0.25) is 5.02 Å². The number of hydrogen-bond acceptors (Lipinski definition) is 6. The molecule has 1 aliphatic carbocycles. The number of esters is 1. The Bertz CT molecular complexity index is 776. The zero-order valence-corrected chi connectivity index (χ0v) is 15.0. The molecule has 25 heavy (non-hydrogen) atoms. The maximum atomic E-state index is 13.2. The lowest BCUT2D eigenvalue weighted by molar-refractivity contribution is -0.144. The molecule has 4 atom stereocenters. The van der Waals surface area contributed by atoms with Crippen molar-refractivity contribution >= 4 is 27.6 Å². The van der Waals surface area contributed by atoms with Gasteiger partial charge in [0.25, 0.3) is 0 Å². The van der Waals surface area contributed by atoms with Crippen LogP contribution in [0.25, 0.3) is 0 Å². The lowest BCUT2D eigenvalue weighted by atomic mass is 9.79. The summed E-state index contributed by atoms with van der Waals surface area (Å²) in [5.74, 6) is -1.13. The standard InChI is InChI=1S/C15H19ClFN3O4S/c1-24-15(21)14-10-6-8(2-5-13(10)18-19-14)20-25(22,23)9-3-4-12(17)11(16)7-9/h3-4,7-8,10,13-14,18-20H,2,5-6H2,1H3. The van der Waals surface area contributed by atoms with Crippen molar-refractivity contribution in [3.8, 4) is 0 Å². The molecule has 0 aromatic heterocycles. The van der Waals surface area contributed by atoms with Gasteiger partial charge in [0.1, 0.15) is 11.9 Å². The van der Waals surface area contributed by atoms with Crippen molar-refractivity contribution in [2.75, 3.05) is 7.11 Å². The van der Waals surface area contributed by atoms with E-state index in [1.807, 2.05) is 0 Å². The van der Waals surface area contributed by atoms with E-state index in [0.29, 0.717) is 19.3 Å². The Labute approximate surface area is 150 Å². The van der Waals surface area contributed by atoms with E-state index >= 15 is 0 Å². The number of halogens is 2. The Hall–Kier alpha value is -1.26. The van der Waals surface area contributed by atoms with E-state index < -0.39 is 21.9 Å². The molecule has 4 unspecified atom stereocenters. The first-order valence-electron chi connectivity index (χ1n) is 7.88. The molecule has 3 rings (SSSR count). The molecule has 1 aromatic carbocycles. The van der Waals surface area contributed by atoms with E-state index in [9.17, 15) is 17.6 Å². The molecule has 1 saturated heterocycles. The highest BCUT2D eigenvalue weighted by Crippen LogP contribution is 2.32. The van der Waals surface area contributed by atoms with Crippen molar-refractivity contribution in [2.24, 2.45) is 5.92 Å². The van der Waals surface area contributed by atoms with E-state index in [4.69, 9.17) is 16.3 Å². The van der Waals surface area contributed by atoms with Crippen LogP contribution in [-0.2, 0) is 19.6 Å². The summed E-state index contributed by atoms with van der Waals surface area (Å²) in [6, 6.07) is 2.52. The summed E-state index contributed by atoms with van der Waals surface area (Å²) in [7, 11) is -2.51. The minimum absolute atomic E-state index is 0.0781. The number of hydrogen-bond donors (Lipinski definition) is 3. The minimum Gasteiger partial charge on any atom is -0.468 e. The zero-order valence-electron chi connectivity index (χ0n) is 13.5. The second kappa shape index (κ2) is 7.16. The van der Waals surface area contributed by atoms with Crippen LogP contribution in [0.3, 0.4) is 0 Å². The maximum Gasteiger partial charge on any atom is 0.324 e. The molecule has 0 bridgehead atoms. The number of benzene rings is 1. The van der Waals surface area contributed by atoms with Gasteiger partial charge in [-0.2, -0.15) is 0 Å². The molecule has 3 N–H and O–H groups in total. The van der Waals surface area contributed by atoms with Crippen LogP contribution >= 0.6 is 11.6 Å². The largest absolute Gasteiger partial charge is 0.468 e. The first-order valence-corrected chi connectivity index (χ1v) is 9.74. The van der Waals surface area contributed by atoms with Gasteiger partial charge in [-0.05, 0) is 37.5 Å². The third kappa shape index (κ3) is 3.80. The van der Waals surface area contributed by atoms with Crippen LogP contribution in [0.4, 0.5) is 4.39 Å². The fourth-order valence-corrected chi connectivity index (χ4v) is 5.01. The number of nitrogens with one attached hydrogen (secondary N) is 3. The Morgan fingerprint density at radius 2 is 2.12 bits per heavy atom. The summed E-state index contributed by atoms with van der Waals surface area (Å²) >= 11 is 5.67. The van der Waals surface area contributed by atoms with Crippen LogP contribution in [0.5, 0.6) is 0 Å². The lowest BCUT2D eigenvalue weighted by Gasteiger charge is -2.32. The summed E-state index contributed by atoms with van der Waals surface area (Å²) in [6.45, 7) is 0. The van der Waals surface area contributed by atoms with E-state index in [-0.39, 0.29) is 33.9 Å². The van der Waals surface area contributed by atoms with Crippen molar-refractivity contribution in [2.45, 2.75) is 42.3 Å². The number of carbonyl (C=O) groups is 1. The molecule has 7 nitrogen and oxygen atoms in total. The van der Waals surface area contributed by atoms with Gasteiger partial charge in [0, 0.05) is 18.0 Å². The molecule has 2 fully saturated rings. The van der Waals surface area contributed by atoms with Crippen molar-refractivity contribution in [1.29, 1.82) is 0 Å². The summed E-state index contributed by atoms with van der Waals surface area (Å²) in [5, 5.41) is -0.249. The maximum absolute atomic E-state index is 13.2. The predicted molar refractivity (Wildman–Crippen MR) is 88.7 cm³/mol. The van der Waals surface area contributed by atoms with Gasteiger partial charge >= 0.3 is 5.97 Å². The summed E-state index contributed by atoms with van der Waals surface area (Å²) in [4.78, 5) is 11.7. The van der Waals surface area contributed by atoms with Crippen molar-refractivity contribution in [3.63, 3.8) is 0 Å². The molecule has 1 aromatic rings. The molecular weight excluding hydrogens is 373 g/mol. The summed E-state index contributed by atoms with van der Waals surface area (Å²) < 4.78 is 45.7. The SMILES string of the molecule is COC(=O)C1NNC2CCC(NS(=O)(=O)c3ccc(F)c(Cl)c3)CC21. The number of methoxy groups -OCH3 is 1. The fraction of sp³-hybridized carbons (Fsp3) is 0.533. The van der Waals surface area contributed by atoms with Crippen LogP contribution < -0.4 is 15.6 Å². The van der Waals surface area contributed by atoms with Crippen LogP contribution in [0.15, 0.2) is 23.1 Å². The number of rotatable bonds is 4.